The van der Waals surface area contributed by atoms with Crippen LogP contribution in [0.15, 0.2) is 0 Å². The van der Waals surface area contributed by atoms with E-state index < -0.39 is 18.1 Å². The Bertz CT molecular complexity index is 147. The lowest BCUT2D eigenvalue weighted by molar-refractivity contribution is -0.165. The van der Waals surface area contributed by atoms with E-state index in [2.05, 4.69) is 0 Å². The van der Waals surface area contributed by atoms with Crippen LogP contribution in [0.2, 0.25) is 0 Å². The molecule has 80 valence electrons. The molecule has 0 radical (unpaired) electrons. The van der Waals surface area contributed by atoms with E-state index in [1.807, 2.05) is 0 Å². The minimum atomic E-state index is -4.26. The molecule has 13 heavy (non-hydrogen) atoms. The molecule has 0 aromatic carbocycles. The van der Waals surface area contributed by atoms with Gasteiger partial charge in [-0.2, -0.15) is 13.2 Å². The molecule has 1 unspecified atom stereocenters. The average Bonchev–Trinajstić information content (AvgIpc) is 2.03. The second-order valence-electron chi connectivity index (χ2n) is 3.02. The van der Waals surface area contributed by atoms with Crippen LogP contribution in [-0.2, 0) is 4.74 Å². The van der Waals surface area contributed by atoms with E-state index in [0.29, 0.717) is 26.1 Å². The average molecular weight is 220 g/mol. The fraction of sp³-hybridized carbons (Fsp3) is 1.00. The number of rotatable bonds is 1. The van der Waals surface area contributed by atoms with Crippen molar-refractivity contribution in [2.24, 2.45) is 11.7 Å². The molecule has 0 aromatic rings. The van der Waals surface area contributed by atoms with E-state index in [1.54, 1.807) is 0 Å². The third-order valence-electron chi connectivity index (χ3n) is 2.15. The van der Waals surface area contributed by atoms with Gasteiger partial charge in [0.25, 0.3) is 0 Å². The van der Waals surface area contributed by atoms with Crippen molar-refractivity contribution < 1.29 is 17.9 Å². The molecule has 0 amide bonds. The van der Waals surface area contributed by atoms with Gasteiger partial charge >= 0.3 is 6.18 Å². The molecule has 1 heterocycles. The van der Waals surface area contributed by atoms with Gasteiger partial charge in [-0.05, 0) is 18.8 Å². The molecular formula is C7H13ClF3NO. The molecule has 0 aromatic heterocycles. The van der Waals surface area contributed by atoms with E-state index in [1.165, 1.54) is 0 Å². The Morgan fingerprint density at radius 1 is 1.23 bits per heavy atom. The van der Waals surface area contributed by atoms with E-state index in [4.69, 9.17) is 10.5 Å². The molecule has 2 N–H and O–H groups in total. The third kappa shape index (κ3) is 3.70. The zero-order valence-corrected chi connectivity index (χ0v) is 7.83. The first-order chi connectivity index (χ1) is 5.52. The Morgan fingerprint density at radius 3 is 2.08 bits per heavy atom. The number of nitrogens with two attached hydrogens (primary N) is 1. The quantitative estimate of drug-likeness (QED) is 0.729. The summed E-state index contributed by atoms with van der Waals surface area (Å²) < 4.78 is 41.1. The van der Waals surface area contributed by atoms with Gasteiger partial charge in [-0.3, -0.25) is 0 Å². The minimum Gasteiger partial charge on any atom is -0.381 e. The van der Waals surface area contributed by atoms with Crippen molar-refractivity contribution in [1.82, 2.24) is 0 Å². The molecule has 1 aliphatic rings. The van der Waals surface area contributed by atoms with Gasteiger partial charge in [0.05, 0.1) is 0 Å². The number of hydrogen-bond donors (Lipinski definition) is 1. The summed E-state index contributed by atoms with van der Waals surface area (Å²) in [6.07, 6.45) is -3.43. The number of alkyl halides is 3. The zero-order valence-electron chi connectivity index (χ0n) is 7.01. The van der Waals surface area contributed by atoms with Crippen LogP contribution >= 0.6 is 12.4 Å². The molecule has 6 heteroatoms. The van der Waals surface area contributed by atoms with Crippen LogP contribution in [-0.4, -0.2) is 25.4 Å². The van der Waals surface area contributed by atoms with E-state index in [9.17, 15) is 13.2 Å². The smallest absolute Gasteiger partial charge is 0.381 e. The Kier molecular flexibility index (Phi) is 5.02. The molecule has 0 spiro atoms. The predicted molar refractivity (Wildman–Crippen MR) is 44.8 cm³/mol. The van der Waals surface area contributed by atoms with Crippen LogP contribution in [0.3, 0.4) is 0 Å². The van der Waals surface area contributed by atoms with Crippen LogP contribution in [0, 0.1) is 5.92 Å². The van der Waals surface area contributed by atoms with Gasteiger partial charge in [-0.1, -0.05) is 0 Å². The van der Waals surface area contributed by atoms with Crippen molar-refractivity contribution in [3.63, 3.8) is 0 Å². The molecule has 0 saturated carbocycles. The summed E-state index contributed by atoms with van der Waals surface area (Å²) in [5, 5.41) is 0. The van der Waals surface area contributed by atoms with Crippen LogP contribution in [0.1, 0.15) is 12.8 Å². The fourth-order valence-corrected chi connectivity index (χ4v) is 1.34. The number of halogens is 4. The zero-order chi connectivity index (χ0) is 9.19. The van der Waals surface area contributed by atoms with Crippen molar-refractivity contribution in [2.45, 2.75) is 25.1 Å². The summed E-state index contributed by atoms with van der Waals surface area (Å²) in [6, 6.07) is -1.68. The molecule has 0 bridgehead atoms. The summed E-state index contributed by atoms with van der Waals surface area (Å²) in [4.78, 5) is 0. The number of ether oxygens (including phenoxy) is 1. The monoisotopic (exact) mass is 219 g/mol. The van der Waals surface area contributed by atoms with Crippen molar-refractivity contribution in [3.8, 4) is 0 Å². The lowest BCUT2D eigenvalue weighted by Gasteiger charge is -2.28. The summed E-state index contributed by atoms with van der Waals surface area (Å²) in [6.45, 7) is 0.795. The van der Waals surface area contributed by atoms with Crippen molar-refractivity contribution in [3.05, 3.63) is 0 Å². The van der Waals surface area contributed by atoms with Gasteiger partial charge in [0.2, 0.25) is 0 Å². The van der Waals surface area contributed by atoms with E-state index >= 15 is 0 Å². The molecule has 0 aliphatic carbocycles. The molecule has 1 rings (SSSR count). The maximum atomic E-state index is 12.1. The van der Waals surface area contributed by atoms with Crippen LogP contribution in [0.5, 0.6) is 0 Å². The van der Waals surface area contributed by atoms with Gasteiger partial charge in [-0.15, -0.1) is 12.4 Å². The highest BCUT2D eigenvalue weighted by Gasteiger charge is 2.42. The SMILES string of the molecule is Cl.NC(C1CCOCC1)C(F)(F)F. The number of hydrogen-bond acceptors (Lipinski definition) is 2. The van der Waals surface area contributed by atoms with Gasteiger partial charge in [0, 0.05) is 13.2 Å². The minimum absolute atomic E-state index is 0. The second kappa shape index (κ2) is 5.02. The fourth-order valence-electron chi connectivity index (χ4n) is 1.34. The summed E-state index contributed by atoms with van der Waals surface area (Å²) in [5.41, 5.74) is 5.04. The molecule has 1 aliphatic heterocycles. The Hall–Kier alpha value is -0.0000000000000000555. The second-order valence-corrected chi connectivity index (χ2v) is 3.02. The van der Waals surface area contributed by atoms with Gasteiger partial charge in [0.15, 0.2) is 0 Å². The van der Waals surface area contributed by atoms with Gasteiger partial charge in [-0.25, -0.2) is 0 Å². The maximum Gasteiger partial charge on any atom is 0.403 e. The predicted octanol–water partition coefficient (Wildman–Crippen LogP) is 1.72. The van der Waals surface area contributed by atoms with Crippen molar-refractivity contribution in [1.29, 1.82) is 0 Å². The summed E-state index contributed by atoms with van der Waals surface area (Å²) >= 11 is 0. The molecule has 1 atom stereocenters. The lowest BCUT2D eigenvalue weighted by Crippen LogP contribution is -2.45. The summed E-state index contributed by atoms with van der Waals surface area (Å²) in [5.74, 6) is -0.459. The Labute approximate surface area is 81.0 Å². The lowest BCUT2D eigenvalue weighted by atomic mass is 9.92. The van der Waals surface area contributed by atoms with E-state index in [0.717, 1.165) is 0 Å². The highest BCUT2D eigenvalue weighted by molar-refractivity contribution is 5.85. The van der Waals surface area contributed by atoms with Gasteiger partial charge in [0.1, 0.15) is 6.04 Å². The van der Waals surface area contributed by atoms with Crippen LogP contribution < -0.4 is 5.73 Å². The van der Waals surface area contributed by atoms with Crippen molar-refractivity contribution in [2.75, 3.05) is 13.2 Å². The van der Waals surface area contributed by atoms with Gasteiger partial charge < -0.3 is 10.5 Å². The van der Waals surface area contributed by atoms with Crippen LogP contribution in [0.4, 0.5) is 13.2 Å². The molecule has 1 fully saturated rings. The Morgan fingerprint density at radius 2 is 1.69 bits per heavy atom. The highest BCUT2D eigenvalue weighted by Crippen LogP contribution is 2.29. The van der Waals surface area contributed by atoms with E-state index in [-0.39, 0.29) is 12.4 Å². The molecule has 1 saturated heterocycles. The first kappa shape index (κ1) is 13.0. The van der Waals surface area contributed by atoms with Crippen molar-refractivity contribution >= 4 is 12.4 Å². The standard InChI is InChI=1S/C7H12F3NO.ClH/c8-7(9,10)6(11)5-1-3-12-4-2-5;/h5-6H,1-4,11H2;1H. The molecule has 2 nitrogen and oxygen atoms in total. The first-order valence-corrected chi connectivity index (χ1v) is 3.92. The van der Waals surface area contributed by atoms with Crippen LogP contribution in [0.25, 0.3) is 0 Å². The largest absolute Gasteiger partial charge is 0.403 e. The summed E-state index contributed by atoms with van der Waals surface area (Å²) in [7, 11) is 0. The topological polar surface area (TPSA) is 35.2 Å². The normalized spacial score (nSPS) is 22.2. The third-order valence-corrected chi connectivity index (χ3v) is 2.15. The highest BCUT2D eigenvalue weighted by atomic mass is 35.5. The molecular weight excluding hydrogens is 207 g/mol. The maximum absolute atomic E-state index is 12.1. The Balaban J connectivity index is 0.00000144. The first-order valence-electron chi connectivity index (χ1n) is 3.92.